The van der Waals surface area contributed by atoms with E-state index in [1.54, 1.807) is 11.3 Å². The summed E-state index contributed by atoms with van der Waals surface area (Å²) in [6.07, 6.45) is 1.95. The summed E-state index contributed by atoms with van der Waals surface area (Å²) in [4.78, 5) is 8.73. The van der Waals surface area contributed by atoms with Gasteiger partial charge in [0.25, 0.3) is 0 Å². The highest BCUT2D eigenvalue weighted by atomic mass is 32.1. The maximum absolute atomic E-state index is 4.93. The standard InChI is InChI=1S/C13H12N4S2/c18-13-15-12(16-17-13)10-8-19-11(14-10)7-6-9-4-2-1-3-5-9/h1-5,8H,6-7H2,(H2,15,16,17,18). The van der Waals surface area contributed by atoms with Crippen molar-refractivity contribution in [2.24, 2.45) is 0 Å². The number of aromatic nitrogens is 4. The fraction of sp³-hybridized carbons (Fsp3) is 0.154. The molecule has 0 atom stereocenters. The number of rotatable bonds is 4. The molecule has 3 aromatic rings. The molecule has 0 fully saturated rings. The van der Waals surface area contributed by atoms with Gasteiger partial charge < -0.3 is 0 Å². The smallest absolute Gasteiger partial charge is 0.213 e. The summed E-state index contributed by atoms with van der Waals surface area (Å²) in [5, 5.41) is 8.80. The van der Waals surface area contributed by atoms with Crippen LogP contribution in [0.2, 0.25) is 0 Å². The lowest BCUT2D eigenvalue weighted by molar-refractivity contribution is 0.943. The molecule has 96 valence electrons. The molecule has 2 aromatic heterocycles. The van der Waals surface area contributed by atoms with Gasteiger partial charge in [0, 0.05) is 11.8 Å². The van der Waals surface area contributed by atoms with E-state index in [2.05, 4.69) is 44.4 Å². The zero-order chi connectivity index (χ0) is 13.1. The van der Waals surface area contributed by atoms with Crippen molar-refractivity contribution in [2.45, 2.75) is 12.8 Å². The molecule has 0 radical (unpaired) electrons. The number of H-pyrrole nitrogens is 2. The minimum Gasteiger partial charge on any atom is -0.280 e. The highest BCUT2D eigenvalue weighted by Gasteiger charge is 2.07. The number of nitrogens with one attached hydrogen (secondary N) is 2. The van der Waals surface area contributed by atoms with Crippen molar-refractivity contribution in [1.82, 2.24) is 20.2 Å². The quantitative estimate of drug-likeness (QED) is 0.724. The minimum absolute atomic E-state index is 0.453. The second kappa shape index (κ2) is 5.46. The topological polar surface area (TPSA) is 57.4 Å². The van der Waals surface area contributed by atoms with Gasteiger partial charge in [0.15, 0.2) is 5.82 Å². The Morgan fingerprint density at radius 3 is 2.63 bits per heavy atom. The van der Waals surface area contributed by atoms with E-state index in [0.717, 1.165) is 23.5 Å². The summed E-state index contributed by atoms with van der Waals surface area (Å²) in [7, 11) is 0. The molecule has 6 heteroatoms. The fourth-order valence-electron chi connectivity index (χ4n) is 1.82. The van der Waals surface area contributed by atoms with Gasteiger partial charge >= 0.3 is 0 Å². The lowest BCUT2D eigenvalue weighted by Crippen LogP contribution is -1.90. The van der Waals surface area contributed by atoms with Crippen LogP contribution < -0.4 is 0 Å². The lowest BCUT2D eigenvalue weighted by atomic mass is 10.1. The molecule has 0 unspecified atom stereocenters. The van der Waals surface area contributed by atoms with Crippen LogP contribution in [0.1, 0.15) is 10.6 Å². The molecule has 3 rings (SSSR count). The van der Waals surface area contributed by atoms with Gasteiger partial charge in [0.2, 0.25) is 4.77 Å². The van der Waals surface area contributed by atoms with Crippen LogP contribution in [-0.2, 0) is 12.8 Å². The molecule has 0 aliphatic carbocycles. The molecule has 19 heavy (non-hydrogen) atoms. The molecule has 0 bridgehead atoms. The van der Waals surface area contributed by atoms with Crippen LogP contribution in [0.15, 0.2) is 35.7 Å². The van der Waals surface area contributed by atoms with Gasteiger partial charge in [-0.1, -0.05) is 30.3 Å². The summed E-state index contributed by atoms with van der Waals surface area (Å²) in [5.74, 6) is 0.701. The SMILES string of the molecule is S=c1nc(-c2csc(CCc3ccccc3)n2)[nH][nH]1. The Balaban J connectivity index is 1.70. The predicted octanol–water partition coefficient (Wildman–Crippen LogP) is 3.38. The summed E-state index contributed by atoms with van der Waals surface area (Å²) in [5.41, 5.74) is 2.18. The summed E-state index contributed by atoms with van der Waals surface area (Å²) in [6, 6.07) is 10.4. The average molecular weight is 288 g/mol. The second-order valence-electron chi connectivity index (χ2n) is 4.13. The van der Waals surface area contributed by atoms with E-state index in [1.807, 2.05) is 11.4 Å². The summed E-state index contributed by atoms with van der Waals surface area (Å²) in [6.45, 7) is 0. The molecule has 2 heterocycles. The highest BCUT2D eigenvalue weighted by Crippen LogP contribution is 2.19. The largest absolute Gasteiger partial charge is 0.280 e. The molecule has 0 aliphatic rings. The first kappa shape index (κ1) is 12.3. The highest BCUT2D eigenvalue weighted by molar-refractivity contribution is 7.71. The molecule has 1 aromatic carbocycles. The monoisotopic (exact) mass is 288 g/mol. The van der Waals surface area contributed by atoms with E-state index in [4.69, 9.17) is 12.2 Å². The maximum atomic E-state index is 4.93. The number of aryl methyl sites for hydroxylation is 2. The molecule has 2 N–H and O–H groups in total. The molecule has 0 spiro atoms. The molecular formula is C13H12N4S2. The van der Waals surface area contributed by atoms with Crippen LogP contribution in [0.3, 0.4) is 0 Å². The Morgan fingerprint density at radius 2 is 1.89 bits per heavy atom. The van der Waals surface area contributed by atoms with E-state index in [1.165, 1.54) is 5.56 Å². The average Bonchev–Trinajstić information content (AvgIpc) is 3.06. The molecule has 0 saturated carbocycles. The summed E-state index contributed by atoms with van der Waals surface area (Å²) < 4.78 is 0.453. The maximum Gasteiger partial charge on any atom is 0.213 e. The Kier molecular flexibility index (Phi) is 3.52. The van der Waals surface area contributed by atoms with Crippen LogP contribution in [0.25, 0.3) is 11.5 Å². The third-order valence-electron chi connectivity index (χ3n) is 2.77. The Bertz CT molecular complexity index is 711. The van der Waals surface area contributed by atoms with E-state index < -0.39 is 0 Å². The number of benzene rings is 1. The van der Waals surface area contributed by atoms with Crippen molar-refractivity contribution < 1.29 is 0 Å². The second-order valence-corrected chi connectivity index (χ2v) is 5.46. The van der Waals surface area contributed by atoms with Gasteiger partial charge in [0.1, 0.15) is 5.69 Å². The van der Waals surface area contributed by atoms with Gasteiger partial charge in [-0.05, 0) is 24.2 Å². The van der Waals surface area contributed by atoms with E-state index in [0.29, 0.717) is 10.6 Å². The first-order valence-corrected chi connectivity index (χ1v) is 7.23. The molecule has 0 saturated heterocycles. The Hall–Kier alpha value is -1.79. The lowest BCUT2D eigenvalue weighted by Gasteiger charge is -1.97. The third-order valence-corrected chi connectivity index (χ3v) is 3.87. The number of nitrogens with zero attached hydrogens (tertiary/aromatic N) is 2. The molecule has 0 amide bonds. The molecular weight excluding hydrogens is 276 g/mol. The minimum atomic E-state index is 0.453. The number of aromatic amines is 2. The summed E-state index contributed by atoms with van der Waals surface area (Å²) >= 11 is 6.59. The van der Waals surface area contributed by atoms with Crippen LogP contribution in [0, 0.1) is 4.77 Å². The first-order valence-electron chi connectivity index (χ1n) is 5.94. The van der Waals surface area contributed by atoms with E-state index in [9.17, 15) is 0 Å². The Morgan fingerprint density at radius 1 is 1.05 bits per heavy atom. The fourth-order valence-corrected chi connectivity index (χ4v) is 2.75. The van der Waals surface area contributed by atoms with Crippen molar-refractivity contribution in [3.63, 3.8) is 0 Å². The van der Waals surface area contributed by atoms with Crippen molar-refractivity contribution in [3.05, 3.63) is 51.1 Å². The van der Waals surface area contributed by atoms with Crippen LogP contribution >= 0.6 is 23.6 Å². The third kappa shape index (κ3) is 2.97. The zero-order valence-electron chi connectivity index (χ0n) is 10.1. The molecule has 4 nitrogen and oxygen atoms in total. The van der Waals surface area contributed by atoms with E-state index in [-0.39, 0.29) is 0 Å². The van der Waals surface area contributed by atoms with Gasteiger partial charge in [-0.2, -0.15) is 4.98 Å². The van der Waals surface area contributed by atoms with Crippen molar-refractivity contribution in [3.8, 4) is 11.5 Å². The number of hydrogen-bond donors (Lipinski definition) is 2. The number of hydrogen-bond acceptors (Lipinski definition) is 4. The van der Waals surface area contributed by atoms with Crippen LogP contribution in [-0.4, -0.2) is 20.2 Å². The predicted molar refractivity (Wildman–Crippen MR) is 78.7 cm³/mol. The molecule has 0 aliphatic heterocycles. The van der Waals surface area contributed by atoms with Gasteiger partial charge in [-0.25, -0.2) is 4.98 Å². The van der Waals surface area contributed by atoms with Crippen LogP contribution in [0.5, 0.6) is 0 Å². The van der Waals surface area contributed by atoms with Crippen molar-refractivity contribution in [1.29, 1.82) is 0 Å². The van der Waals surface area contributed by atoms with Crippen molar-refractivity contribution in [2.75, 3.05) is 0 Å². The van der Waals surface area contributed by atoms with E-state index >= 15 is 0 Å². The zero-order valence-corrected chi connectivity index (χ0v) is 11.7. The van der Waals surface area contributed by atoms with Crippen molar-refractivity contribution >= 4 is 23.6 Å². The normalized spacial score (nSPS) is 10.7. The first-order chi connectivity index (χ1) is 9.31. The van der Waals surface area contributed by atoms with Crippen LogP contribution in [0.4, 0.5) is 0 Å². The van der Waals surface area contributed by atoms with Gasteiger partial charge in [-0.15, -0.1) is 11.3 Å². The van der Waals surface area contributed by atoms with Gasteiger partial charge in [0.05, 0.1) is 5.01 Å². The Labute approximate surface area is 119 Å². The van der Waals surface area contributed by atoms with Gasteiger partial charge in [-0.3, -0.25) is 10.2 Å². The number of thiazole rings is 1.